The molecule has 0 aliphatic rings. The van der Waals surface area contributed by atoms with Crippen molar-refractivity contribution in [2.24, 2.45) is 0 Å². The highest BCUT2D eigenvalue weighted by molar-refractivity contribution is 5.89. The number of rotatable bonds is 4. The predicted octanol–water partition coefficient (Wildman–Crippen LogP) is 3.74. The van der Waals surface area contributed by atoms with E-state index < -0.39 is 0 Å². The van der Waals surface area contributed by atoms with E-state index in [-0.39, 0.29) is 5.91 Å². The minimum atomic E-state index is -0.0591. The van der Waals surface area contributed by atoms with Gasteiger partial charge in [0.1, 0.15) is 0 Å². The summed E-state index contributed by atoms with van der Waals surface area (Å²) in [5, 5.41) is 7.42. The molecule has 106 valence electrons. The van der Waals surface area contributed by atoms with Crippen LogP contribution in [-0.2, 0) is 11.3 Å². The van der Waals surface area contributed by atoms with Crippen LogP contribution in [0.15, 0.2) is 54.7 Å². The maximum Gasteiger partial charge on any atom is 0.221 e. The summed E-state index contributed by atoms with van der Waals surface area (Å²) in [7, 11) is 0. The Hall–Kier alpha value is -2.75. The second-order valence-electron chi connectivity index (χ2n) is 4.97. The summed E-state index contributed by atoms with van der Waals surface area (Å²) in [6, 6.07) is 16.1. The Morgan fingerprint density at radius 2 is 2.00 bits per heavy atom. The van der Waals surface area contributed by atoms with Gasteiger partial charge in [0.05, 0.1) is 0 Å². The van der Waals surface area contributed by atoms with Crippen LogP contribution in [0.1, 0.15) is 12.5 Å². The van der Waals surface area contributed by atoms with Crippen molar-refractivity contribution < 1.29 is 4.79 Å². The average molecular weight is 279 g/mol. The van der Waals surface area contributed by atoms with Gasteiger partial charge in [-0.2, -0.15) is 0 Å². The Morgan fingerprint density at radius 1 is 1.14 bits per heavy atom. The van der Waals surface area contributed by atoms with Crippen LogP contribution in [0, 0.1) is 0 Å². The number of fused-ring (bicyclic) bond motifs is 1. The highest BCUT2D eigenvalue weighted by Gasteiger charge is 2.03. The smallest absolute Gasteiger partial charge is 0.221 e. The van der Waals surface area contributed by atoms with Gasteiger partial charge in [0.15, 0.2) is 0 Å². The van der Waals surface area contributed by atoms with Crippen LogP contribution < -0.4 is 10.6 Å². The number of nitrogens with one attached hydrogen (secondary N) is 3. The van der Waals surface area contributed by atoms with Crippen LogP contribution in [0.3, 0.4) is 0 Å². The lowest BCUT2D eigenvalue weighted by Gasteiger charge is -2.11. The lowest BCUT2D eigenvalue weighted by molar-refractivity contribution is -0.114. The van der Waals surface area contributed by atoms with Gasteiger partial charge in [-0.15, -0.1) is 0 Å². The maximum absolute atomic E-state index is 11.2. The van der Waals surface area contributed by atoms with E-state index in [1.165, 1.54) is 12.3 Å². The summed E-state index contributed by atoms with van der Waals surface area (Å²) in [4.78, 5) is 14.4. The van der Waals surface area contributed by atoms with Crippen LogP contribution in [0.25, 0.3) is 10.9 Å². The van der Waals surface area contributed by atoms with Crippen molar-refractivity contribution in [3.8, 4) is 0 Å². The molecule has 0 spiro atoms. The van der Waals surface area contributed by atoms with Gasteiger partial charge in [0.25, 0.3) is 0 Å². The zero-order valence-corrected chi connectivity index (χ0v) is 11.8. The summed E-state index contributed by atoms with van der Waals surface area (Å²) in [6.45, 7) is 2.18. The van der Waals surface area contributed by atoms with Crippen molar-refractivity contribution in [2.45, 2.75) is 13.5 Å². The molecule has 0 aliphatic heterocycles. The number of aromatic amines is 1. The normalized spacial score (nSPS) is 10.5. The molecule has 0 unspecified atom stereocenters. The second kappa shape index (κ2) is 5.71. The molecule has 3 N–H and O–H groups in total. The molecule has 4 nitrogen and oxygen atoms in total. The summed E-state index contributed by atoms with van der Waals surface area (Å²) >= 11 is 0. The van der Waals surface area contributed by atoms with Gasteiger partial charge in [-0.1, -0.05) is 18.2 Å². The first-order valence-corrected chi connectivity index (χ1v) is 6.89. The third-order valence-electron chi connectivity index (χ3n) is 3.36. The van der Waals surface area contributed by atoms with Crippen LogP contribution in [0.5, 0.6) is 0 Å². The number of hydrogen-bond acceptors (Lipinski definition) is 2. The van der Waals surface area contributed by atoms with E-state index in [1.54, 1.807) is 0 Å². The SMILES string of the molecule is CC(=O)Nc1ccccc1CNc1ccc2[nH]ccc2c1. The zero-order chi connectivity index (χ0) is 14.7. The lowest BCUT2D eigenvalue weighted by Crippen LogP contribution is -2.10. The fraction of sp³-hybridized carbons (Fsp3) is 0.118. The molecule has 0 saturated heterocycles. The summed E-state index contributed by atoms with van der Waals surface area (Å²) in [5.41, 5.74) is 4.08. The average Bonchev–Trinajstić information content (AvgIpc) is 2.93. The number of amides is 1. The van der Waals surface area contributed by atoms with Crippen LogP contribution in [0.4, 0.5) is 11.4 Å². The van der Waals surface area contributed by atoms with E-state index in [9.17, 15) is 4.79 Å². The van der Waals surface area contributed by atoms with Gasteiger partial charge in [0.2, 0.25) is 5.91 Å². The van der Waals surface area contributed by atoms with Gasteiger partial charge in [-0.25, -0.2) is 0 Å². The Bertz CT molecular complexity index is 776. The number of hydrogen-bond donors (Lipinski definition) is 3. The standard InChI is InChI=1S/C17H17N3O/c1-12(21)20-17-5-3-2-4-14(17)11-19-15-6-7-16-13(10-15)8-9-18-16/h2-10,18-19H,11H2,1H3,(H,20,21). The first-order valence-electron chi connectivity index (χ1n) is 6.89. The van der Waals surface area contributed by atoms with Gasteiger partial charge >= 0.3 is 0 Å². The number of carbonyl (C=O) groups is 1. The summed E-state index contributed by atoms with van der Waals surface area (Å²) in [6.07, 6.45) is 1.93. The second-order valence-corrected chi connectivity index (χ2v) is 4.97. The first kappa shape index (κ1) is 13.2. The minimum absolute atomic E-state index is 0.0591. The summed E-state index contributed by atoms with van der Waals surface area (Å²) < 4.78 is 0. The first-order chi connectivity index (χ1) is 10.2. The molecule has 21 heavy (non-hydrogen) atoms. The van der Waals surface area contributed by atoms with E-state index in [1.807, 2.05) is 42.6 Å². The van der Waals surface area contributed by atoms with Crippen LogP contribution in [-0.4, -0.2) is 10.9 Å². The Morgan fingerprint density at radius 3 is 2.86 bits per heavy atom. The molecule has 2 aromatic carbocycles. The highest BCUT2D eigenvalue weighted by Crippen LogP contribution is 2.20. The third kappa shape index (κ3) is 3.05. The molecule has 4 heteroatoms. The number of carbonyl (C=O) groups excluding carboxylic acids is 1. The van der Waals surface area contributed by atoms with E-state index in [4.69, 9.17) is 0 Å². The fourth-order valence-corrected chi connectivity index (χ4v) is 2.35. The molecule has 0 fully saturated rings. The molecule has 0 radical (unpaired) electrons. The van der Waals surface area contributed by atoms with Crippen molar-refractivity contribution in [3.63, 3.8) is 0 Å². The number of benzene rings is 2. The molecule has 3 rings (SSSR count). The zero-order valence-electron chi connectivity index (χ0n) is 11.8. The monoisotopic (exact) mass is 279 g/mol. The maximum atomic E-state index is 11.2. The van der Waals surface area contributed by atoms with E-state index >= 15 is 0 Å². The number of aromatic nitrogens is 1. The van der Waals surface area contributed by atoms with Crippen LogP contribution in [0.2, 0.25) is 0 Å². The third-order valence-corrected chi connectivity index (χ3v) is 3.36. The van der Waals surface area contributed by atoms with Crippen molar-refractivity contribution >= 4 is 28.2 Å². The van der Waals surface area contributed by atoms with Gasteiger partial charge < -0.3 is 15.6 Å². The van der Waals surface area contributed by atoms with Crippen LogP contribution >= 0.6 is 0 Å². The fourth-order valence-electron chi connectivity index (χ4n) is 2.35. The Kier molecular flexibility index (Phi) is 3.60. The lowest BCUT2D eigenvalue weighted by atomic mass is 10.1. The predicted molar refractivity (Wildman–Crippen MR) is 86.4 cm³/mol. The molecule has 3 aromatic rings. The molecular formula is C17H17N3O. The van der Waals surface area contributed by atoms with Gasteiger partial charge in [0, 0.05) is 41.9 Å². The quantitative estimate of drug-likeness (QED) is 0.681. The van der Waals surface area contributed by atoms with Crippen molar-refractivity contribution in [3.05, 3.63) is 60.3 Å². The van der Waals surface area contributed by atoms with Gasteiger partial charge in [-0.05, 0) is 35.9 Å². The number of H-pyrrole nitrogens is 1. The van der Waals surface area contributed by atoms with Gasteiger partial charge in [-0.3, -0.25) is 4.79 Å². The van der Waals surface area contributed by atoms with E-state index in [0.717, 1.165) is 22.5 Å². The molecular weight excluding hydrogens is 262 g/mol. The molecule has 1 heterocycles. The van der Waals surface area contributed by atoms with E-state index in [0.29, 0.717) is 6.54 Å². The Balaban J connectivity index is 1.76. The minimum Gasteiger partial charge on any atom is -0.381 e. The van der Waals surface area contributed by atoms with Crippen molar-refractivity contribution in [2.75, 3.05) is 10.6 Å². The number of anilines is 2. The molecule has 0 bridgehead atoms. The van der Waals surface area contributed by atoms with Crippen molar-refractivity contribution in [1.82, 2.24) is 4.98 Å². The molecule has 0 atom stereocenters. The largest absolute Gasteiger partial charge is 0.381 e. The summed E-state index contributed by atoms with van der Waals surface area (Å²) in [5.74, 6) is -0.0591. The molecule has 1 aromatic heterocycles. The molecule has 0 aliphatic carbocycles. The van der Waals surface area contributed by atoms with Crippen molar-refractivity contribution in [1.29, 1.82) is 0 Å². The highest BCUT2D eigenvalue weighted by atomic mass is 16.1. The number of para-hydroxylation sites is 1. The molecule has 0 saturated carbocycles. The van der Waals surface area contributed by atoms with E-state index in [2.05, 4.69) is 27.8 Å². The molecule has 1 amide bonds. The topological polar surface area (TPSA) is 56.9 Å². The Labute approximate surface area is 123 Å².